The fourth-order valence-corrected chi connectivity index (χ4v) is 3.54. The lowest BCUT2D eigenvalue weighted by atomic mass is 10.1. The predicted octanol–water partition coefficient (Wildman–Crippen LogP) is 4.09. The number of nitrogens with one attached hydrogen (secondary N) is 3. The van der Waals surface area contributed by atoms with E-state index in [1.807, 2.05) is 12.1 Å². The number of pyridine rings is 2. The van der Waals surface area contributed by atoms with Crippen molar-refractivity contribution in [1.29, 1.82) is 0 Å². The molecule has 30 heavy (non-hydrogen) atoms. The molecule has 0 bridgehead atoms. The van der Waals surface area contributed by atoms with E-state index in [-0.39, 0.29) is 5.82 Å². The Morgan fingerprint density at radius 3 is 2.67 bits per heavy atom. The van der Waals surface area contributed by atoms with Crippen LogP contribution in [0.4, 0.5) is 4.39 Å². The lowest BCUT2D eigenvalue weighted by Crippen LogP contribution is -1.84. The Labute approximate surface area is 168 Å². The van der Waals surface area contributed by atoms with E-state index in [4.69, 9.17) is 0 Å². The molecule has 3 N–H and O–H groups in total. The van der Waals surface area contributed by atoms with E-state index in [0.717, 1.165) is 38.8 Å². The summed E-state index contributed by atoms with van der Waals surface area (Å²) in [5.41, 5.74) is 6.21. The summed E-state index contributed by atoms with van der Waals surface area (Å²) in [7, 11) is 0. The molecule has 0 aliphatic heterocycles. The minimum absolute atomic E-state index is 0.278. The van der Waals surface area contributed by atoms with Crippen LogP contribution in [0.25, 0.3) is 56.0 Å². The van der Waals surface area contributed by atoms with Crippen molar-refractivity contribution in [2.24, 2.45) is 0 Å². The summed E-state index contributed by atoms with van der Waals surface area (Å²) in [5, 5.41) is 15.1. The van der Waals surface area contributed by atoms with Gasteiger partial charge in [-0.05, 0) is 29.8 Å². The van der Waals surface area contributed by atoms with Crippen molar-refractivity contribution in [3.05, 3.63) is 67.0 Å². The number of rotatable bonds is 3. The molecule has 8 nitrogen and oxygen atoms in total. The van der Waals surface area contributed by atoms with Crippen LogP contribution in [0.15, 0.2) is 61.2 Å². The lowest BCUT2D eigenvalue weighted by Gasteiger charge is -2.02. The molecule has 0 spiro atoms. The third-order valence-corrected chi connectivity index (χ3v) is 5.01. The van der Waals surface area contributed by atoms with Gasteiger partial charge >= 0.3 is 0 Å². The van der Waals surface area contributed by atoms with Crippen molar-refractivity contribution < 1.29 is 4.39 Å². The highest BCUT2D eigenvalue weighted by Gasteiger charge is 2.16. The molecule has 0 radical (unpaired) electrons. The maximum atomic E-state index is 13.3. The number of H-pyrrole nitrogens is 3. The monoisotopic (exact) mass is 396 g/mol. The molecule has 0 amide bonds. The SMILES string of the molecule is Fc1ccc(-c2ccnc3nc(-c4n[nH]c5cnc(-c6cn[nH]c6)cc45)[nH]c23)cc1. The zero-order valence-electron chi connectivity index (χ0n) is 15.4. The Kier molecular flexibility index (Phi) is 3.48. The van der Waals surface area contributed by atoms with Gasteiger partial charge in [0.25, 0.3) is 0 Å². The Hall–Kier alpha value is -4.40. The molecule has 9 heteroatoms. The van der Waals surface area contributed by atoms with Crippen molar-refractivity contribution in [1.82, 2.24) is 40.3 Å². The van der Waals surface area contributed by atoms with Crippen LogP contribution in [-0.4, -0.2) is 40.3 Å². The molecular weight excluding hydrogens is 383 g/mol. The number of benzene rings is 1. The van der Waals surface area contributed by atoms with Crippen molar-refractivity contribution in [2.75, 3.05) is 0 Å². The van der Waals surface area contributed by atoms with Crippen molar-refractivity contribution >= 4 is 22.1 Å². The van der Waals surface area contributed by atoms with E-state index in [2.05, 4.69) is 40.3 Å². The van der Waals surface area contributed by atoms with Gasteiger partial charge in [0.15, 0.2) is 11.5 Å². The normalized spacial score (nSPS) is 11.5. The molecule has 5 aromatic heterocycles. The fourth-order valence-electron chi connectivity index (χ4n) is 3.54. The number of hydrogen-bond acceptors (Lipinski definition) is 5. The first kappa shape index (κ1) is 16.5. The number of aromatic amines is 3. The summed E-state index contributed by atoms with van der Waals surface area (Å²) in [5.74, 6) is 0.307. The molecular formula is C21H13FN8. The molecule has 0 saturated heterocycles. The topological polar surface area (TPSA) is 112 Å². The van der Waals surface area contributed by atoms with Gasteiger partial charge in [-0.15, -0.1) is 0 Å². The van der Waals surface area contributed by atoms with Gasteiger partial charge < -0.3 is 4.98 Å². The van der Waals surface area contributed by atoms with Gasteiger partial charge in [0.05, 0.1) is 29.1 Å². The zero-order chi connectivity index (χ0) is 20.1. The highest BCUT2D eigenvalue weighted by Crippen LogP contribution is 2.31. The molecule has 0 aliphatic rings. The van der Waals surface area contributed by atoms with Crippen LogP contribution >= 0.6 is 0 Å². The number of fused-ring (bicyclic) bond motifs is 2. The van der Waals surface area contributed by atoms with Crippen LogP contribution < -0.4 is 0 Å². The molecule has 0 fully saturated rings. The number of nitrogens with zero attached hydrogens (tertiary/aromatic N) is 5. The van der Waals surface area contributed by atoms with Crippen LogP contribution in [-0.2, 0) is 0 Å². The first-order valence-corrected chi connectivity index (χ1v) is 9.20. The average Bonchev–Trinajstić information content (AvgIpc) is 3.52. The Balaban J connectivity index is 1.52. The number of hydrogen-bond donors (Lipinski definition) is 3. The van der Waals surface area contributed by atoms with Crippen LogP contribution in [0.5, 0.6) is 0 Å². The summed E-state index contributed by atoms with van der Waals surface area (Å²) in [4.78, 5) is 16.8. The van der Waals surface area contributed by atoms with Crippen LogP contribution in [0.1, 0.15) is 0 Å². The second kappa shape index (κ2) is 6.31. The van der Waals surface area contributed by atoms with Crippen molar-refractivity contribution in [2.45, 2.75) is 0 Å². The van der Waals surface area contributed by atoms with Crippen molar-refractivity contribution in [3.63, 3.8) is 0 Å². The summed E-state index contributed by atoms with van der Waals surface area (Å²) in [6.07, 6.45) is 6.93. The summed E-state index contributed by atoms with van der Waals surface area (Å²) < 4.78 is 13.3. The molecule has 144 valence electrons. The molecule has 0 unspecified atom stereocenters. The second-order valence-corrected chi connectivity index (χ2v) is 6.82. The summed E-state index contributed by atoms with van der Waals surface area (Å²) >= 11 is 0. The Morgan fingerprint density at radius 2 is 1.83 bits per heavy atom. The number of aromatic nitrogens is 8. The molecule has 0 atom stereocenters. The van der Waals surface area contributed by atoms with Crippen LogP contribution in [0, 0.1) is 5.82 Å². The van der Waals surface area contributed by atoms with Gasteiger partial charge in [0.1, 0.15) is 11.5 Å². The largest absolute Gasteiger partial charge is 0.335 e. The van der Waals surface area contributed by atoms with E-state index in [1.165, 1.54) is 12.1 Å². The summed E-state index contributed by atoms with van der Waals surface area (Å²) in [6, 6.07) is 10.2. The highest BCUT2D eigenvalue weighted by atomic mass is 19.1. The van der Waals surface area contributed by atoms with Crippen LogP contribution in [0.3, 0.4) is 0 Å². The van der Waals surface area contributed by atoms with E-state index >= 15 is 0 Å². The molecule has 0 aliphatic carbocycles. The standard InChI is InChI=1S/C21H13FN8/c22-13-3-1-11(2-4-13)14-5-6-23-20-18(14)27-21(28-20)19-15-7-16(12-8-25-26-9-12)24-10-17(15)29-30-19/h1-10H,(H,25,26)(H,29,30)(H,23,27,28). The smallest absolute Gasteiger partial charge is 0.178 e. The first-order valence-electron chi connectivity index (χ1n) is 9.20. The maximum absolute atomic E-state index is 13.3. The Bertz CT molecular complexity index is 1500. The fraction of sp³-hybridized carbons (Fsp3) is 0. The molecule has 1 aromatic carbocycles. The third kappa shape index (κ3) is 2.56. The van der Waals surface area contributed by atoms with Crippen molar-refractivity contribution in [3.8, 4) is 33.9 Å². The van der Waals surface area contributed by atoms with Crippen LogP contribution in [0.2, 0.25) is 0 Å². The number of imidazole rings is 1. The van der Waals surface area contributed by atoms with E-state index in [9.17, 15) is 4.39 Å². The second-order valence-electron chi connectivity index (χ2n) is 6.82. The molecule has 5 heterocycles. The molecule has 0 saturated carbocycles. The van der Waals surface area contributed by atoms with Gasteiger partial charge in [0.2, 0.25) is 0 Å². The van der Waals surface area contributed by atoms with E-state index in [1.54, 1.807) is 36.9 Å². The lowest BCUT2D eigenvalue weighted by molar-refractivity contribution is 0.628. The zero-order valence-corrected chi connectivity index (χ0v) is 15.4. The number of halogens is 1. The first-order chi connectivity index (χ1) is 14.8. The minimum Gasteiger partial charge on any atom is -0.335 e. The quantitative estimate of drug-likeness (QED) is 0.417. The van der Waals surface area contributed by atoms with Gasteiger partial charge in [0, 0.05) is 28.9 Å². The van der Waals surface area contributed by atoms with Gasteiger partial charge in [-0.2, -0.15) is 10.2 Å². The maximum Gasteiger partial charge on any atom is 0.178 e. The summed E-state index contributed by atoms with van der Waals surface area (Å²) in [6.45, 7) is 0. The molecule has 6 aromatic rings. The third-order valence-electron chi connectivity index (χ3n) is 5.01. The average molecular weight is 396 g/mol. The molecule has 6 rings (SSSR count). The van der Waals surface area contributed by atoms with E-state index in [0.29, 0.717) is 17.2 Å². The van der Waals surface area contributed by atoms with Gasteiger partial charge in [-0.25, -0.2) is 14.4 Å². The highest BCUT2D eigenvalue weighted by molar-refractivity contribution is 5.96. The minimum atomic E-state index is -0.278. The predicted molar refractivity (Wildman–Crippen MR) is 110 cm³/mol. The Morgan fingerprint density at radius 1 is 0.933 bits per heavy atom. The van der Waals surface area contributed by atoms with Gasteiger partial charge in [-0.3, -0.25) is 15.2 Å². The van der Waals surface area contributed by atoms with E-state index < -0.39 is 0 Å². The van der Waals surface area contributed by atoms with Gasteiger partial charge in [-0.1, -0.05) is 12.1 Å².